The molecule has 3 rings (SSSR count). The summed E-state index contributed by atoms with van der Waals surface area (Å²) in [6, 6.07) is 10.1. The summed E-state index contributed by atoms with van der Waals surface area (Å²) in [6.45, 7) is 3.09. The Labute approximate surface area is 125 Å². The van der Waals surface area contributed by atoms with E-state index in [1.54, 1.807) is 0 Å². The van der Waals surface area contributed by atoms with Crippen LogP contribution in [-0.2, 0) is 6.42 Å². The third-order valence-electron chi connectivity index (χ3n) is 3.92. The van der Waals surface area contributed by atoms with Gasteiger partial charge in [-0.1, -0.05) is 18.2 Å². The highest BCUT2D eigenvalue weighted by molar-refractivity contribution is 5.30. The Kier molecular flexibility index (Phi) is 4.34. The third kappa shape index (κ3) is 3.69. The average molecular weight is 286 g/mol. The van der Waals surface area contributed by atoms with Gasteiger partial charge in [-0.25, -0.2) is 4.68 Å². The quantitative estimate of drug-likeness (QED) is 0.685. The van der Waals surface area contributed by atoms with Crippen LogP contribution in [0.25, 0.3) is 5.69 Å². The van der Waals surface area contributed by atoms with E-state index in [0.29, 0.717) is 13.1 Å². The molecule has 2 aromatic rings. The van der Waals surface area contributed by atoms with Gasteiger partial charge in [0.25, 0.3) is 0 Å². The van der Waals surface area contributed by atoms with Gasteiger partial charge in [-0.05, 0) is 43.6 Å². The summed E-state index contributed by atoms with van der Waals surface area (Å²) in [4.78, 5) is 0. The molecule has 0 saturated carbocycles. The van der Waals surface area contributed by atoms with Crippen molar-refractivity contribution in [2.75, 3.05) is 26.2 Å². The van der Waals surface area contributed by atoms with Gasteiger partial charge in [0, 0.05) is 19.3 Å². The van der Waals surface area contributed by atoms with Crippen molar-refractivity contribution in [3.05, 3.63) is 48.3 Å². The van der Waals surface area contributed by atoms with Gasteiger partial charge in [-0.2, -0.15) is 5.10 Å². The lowest BCUT2D eigenvalue weighted by Gasteiger charge is -2.21. The van der Waals surface area contributed by atoms with Crippen LogP contribution in [0.3, 0.4) is 0 Å². The molecule has 1 atom stereocenters. The minimum absolute atomic E-state index is 0.575. The van der Waals surface area contributed by atoms with Crippen LogP contribution in [0, 0.1) is 0 Å². The average Bonchev–Trinajstić information content (AvgIpc) is 3.14. The van der Waals surface area contributed by atoms with Gasteiger partial charge < -0.3 is 15.7 Å². The largest absolute Gasteiger partial charge is 0.387 e. The Morgan fingerprint density at radius 1 is 1.33 bits per heavy atom. The van der Waals surface area contributed by atoms with Crippen LogP contribution < -0.4 is 10.6 Å². The standard InChI is InChI=1S/C16H22N4O/c21-16(7-9-18-13-16)12-17-8-6-14-10-19-20(11-14)15-4-2-1-3-5-15/h1-5,10-11,17-18,21H,6-9,12-13H2/t16-/m1/s1. The SMILES string of the molecule is O[C@@]1(CNCCc2cnn(-c3ccccc3)c2)CCNC1. The number of aromatic nitrogens is 2. The first-order valence-electron chi connectivity index (χ1n) is 7.48. The van der Waals surface area contributed by atoms with E-state index in [4.69, 9.17) is 0 Å². The second-order valence-corrected chi connectivity index (χ2v) is 5.71. The number of aliphatic hydroxyl groups is 1. The fourth-order valence-corrected chi connectivity index (χ4v) is 2.65. The normalized spacial score (nSPS) is 21.8. The molecule has 0 unspecified atom stereocenters. The molecule has 1 aliphatic heterocycles. The molecular weight excluding hydrogens is 264 g/mol. The highest BCUT2D eigenvalue weighted by Gasteiger charge is 2.30. The van der Waals surface area contributed by atoms with Crippen LogP contribution in [0.2, 0.25) is 0 Å². The van der Waals surface area contributed by atoms with Crippen molar-refractivity contribution in [3.8, 4) is 5.69 Å². The monoisotopic (exact) mass is 286 g/mol. The highest BCUT2D eigenvalue weighted by atomic mass is 16.3. The van der Waals surface area contributed by atoms with Gasteiger partial charge in [0.1, 0.15) is 0 Å². The van der Waals surface area contributed by atoms with Crippen LogP contribution in [-0.4, -0.2) is 46.7 Å². The molecule has 0 bridgehead atoms. The van der Waals surface area contributed by atoms with Gasteiger partial charge in [0.15, 0.2) is 0 Å². The highest BCUT2D eigenvalue weighted by Crippen LogP contribution is 2.12. The Bertz CT molecular complexity index is 561. The summed E-state index contributed by atoms with van der Waals surface area (Å²) in [5.74, 6) is 0. The molecule has 1 saturated heterocycles. The van der Waals surface area contributed by atoms with E-state index in [9.17, 15) is 5.11 Å². The molecular formula is C16H22N4O. The Morgan fingerprint density at radius 2 is 2.19 bits per heavy atom. The zero-order valence-electron chi connectivity index (χ0n) is 12.1. The van der Waals surface area contributed by atoms with Crippen molar-refractivity contribution in [1.29, 1.82) is 0 Å². The van der Waals surface area contributed by atoms with Crippen molar-refractivity contribution in [2.45, 2.75) is 18.4 Å². The number of nitrogens with zero attached hydrogens (tertiary/aromatic N) is 2. The summed E-state index contributed by atoms with van der Waals surface area (Å²) < 4.78 is 1.89. The molecule has 2 heterocycles. The first kappa shape index (κ1) is 14.3. The summed E-state index contributed by atoms with van der Waals surface area (Å²) in [7, 11) is 0. The lowest BCUT2D eigenvalue weighted by atomic mass is 10.0. The zero-order chi connectivity index (χ0) is 14.5. The summed E-state index contributed by atoms with van der Waals surface area (Å²) >= 11 is 0. The zero-order valence-corrected chi connectivity index (χ0v) is 12.1. The van der Waals surface area contributed by atoms with Crippen LogP contribution in [0.4, 0.5) is 0 Å². The number of benzene rings is 1. The molecule has 5 heteroatoms. The number of nitrogens with one attached hydrogen (secondary N) is 2. The van der Waals surface area contributed by atoms with Gasteiger partial charge >= 0.3 is 0 Å². The molecule has 21 heavy (non-hydrogen) atoms. The summed E-state index contributed by atoms with van der Waals surface area (Å²) in [5, 5.41) is 21.1. The lowest BCUT2D eigenvalue weighted by molar-refractivity contribution is 0.0615. The molecule has 5 nitrogen and oxygen atoms in total. The fourth-order valence-electron chi connectivity index (χ4n) is 2.65. The number of hydrogen-bond acceptors (Lipinski definition) is 4. The van der Waals surface area contributed by atoms with Gasteiger partial charge in [0.05, 0.1) is 17.5 Å². The molecule has 1 aliphatic rings. The predicted octanol–water partition coefficient (Wildman–Crippen LogP) is 0.729. The molecule has 1 fully saturated rings. The molecule has 0 spiro atoms. The maximum atomic E-state index is 10.2. The molecule has 1 aromatic heterocycles. The first-order chi connectivity index (χ1) is 10.3. The number of rotatable bonds is 6. The maximum absolute atomic E-state index is 10.2. The van der Waals surface area contributed by atoms with Crippen molar-refractivity contribution < 1.29 is 5.11 Å². The predicted molar refractivity (Wildman–Crippen MR) is 82.6 cm³/mol. The van der Waals surface area contributed by atoms with E-state index in [1.807, 2.05) is 41.2 Å². The van der Waals surface area contributed by atoms with Crippen LogP contribution in [0.1, 0.15) is 12.0 Å². The second kappa shape index (κ2) is 6.39. The molecule has 0 amide bonds. The molecule has 3 N–H and O–H groups in total. The summed E-state index contributed by atoms with van der Waals surface area (Å²) in [5.41, 5.74) is 1.69. The van der Waals surface area contributed by atoms with Crippen LogP contribution in [0.15, 0.2) is 42.7 Å². The third-order valence-corrected chi connectivity index (χ3v) is 3.92. The Balaban J connectivity index is 1.47. The molecule has 0 radical (unpaired) electrons. The lowest BCUT2D eigenvalue weighted by Crippen LogP contribution is -2.42. The Hall–Kier alpha value is -1.69. The number of para-hydroxylation sites is 1. The smallest absolute Gasteiger partial charge is 0.0907 e. The van der Waals surface area contributed by atoms with E-state index in [-0.39, 0.29) is 0 Å². The first-order valence-corrected chi connectivity index (χ1v) is 7.48. The fraction of sp³-hybridized carbons (Fsp3) is 0.438. The molecule has 1 aromatic carbocycles. The van der Waals surface area contributed by atoms with Crippen molar-refractivity contribution in [1.82, 2.24) is 20.4 Å². The van der Waals surface area contributed by atoms with Crippen molar-refractivity contribution >= 4 is 0 Å². The second-order valence-electron chi connectivity index (χ2n) is 5.71. The molecule has 0 aliphatic carbocycles. The van der Waals surface area contributed by atoms with E-state index in [1.165, 1.54) is 5.56 Å². The van der Waals surface area contributed by atoms with Crippen molar-refractivity contribution in [3.63, 3.8) is 0 Å². The van der Waals surface area contributed by atoms with Crippen molar-refractivity contribution in [2.24, 2.45) is 0 Å². The minimum atomic E-state index is -0.575. The van der Waals surface area contributed by atoms with E-state index >= 15 is 0 Å². The van der Waals surface area contributed by atoms with E-state index in [2.05, 4.69) is 21.9 Å². The Morgan fingerprint density at radius 3 is 2.95 bits per heavy atom. The summed E-state index contributed by atoms with van der Waals surface area (Å²) in [6.07, 6.45) is 5.70. The van der Waals surface area contributed by atoms with Crippen LogP contribution >= 0.6 is 0 Å². The maximum Gasteiger partial charge on any atom is 0.0907 e. The van der Waals surface area contributed by atoms with E-state index in [0.717, 1.165) is 31.6 Å². The topological polar surface area (TPSA) is 62.1 Å². The van der Waals surface area contributed by atoms with Gasteiger partial charge in [-0.3, -0.25) is 0 Å². The van der Waals surface area contributed by atoms with Gasteiger partial charge in [0.2, 0.25) is 0 Å². The van der Waals surface area contributed by atoms with Crippen LogP contribution in [0.5, 0.6) is 0 Å². The minimum Gasteiger partial charge on any atom is -0.387 e. The van der Waals surface area contributed by atoms with E-state index < -0.39 is 5.60 Å². The number of hydrogen-bond donors (Lipinski definition) is 3. The number of β-amino-alcohol motifs (C(OH)–C–C–N with tert-alkyl or cyclic N) is 1. The van der Waals surface area contributed by atoms with Gasteiger partial charge in [-0.15, -0.1) is 0 Å². The molecule has 112 valence electrons.